The third kappa shape index (κ3) is 3.66. The monoisotopic (exact) mass is 284 g/mol. The highest BCUT2D eigenvalue weighted by Gasteiger charge is 2.21. The van der Waals surface area contributed by atoms with Crippen LogP contribution in [0.5, 0.6) is 0 Å². The molecule has 2 rings (SSSR count). The molecule has 0 saturated carbocycles. The van der Waals surface area contributed by atoms with Crippen LogP contribution in [0.15, 0.2) is 18.3 Å². The van der Waals surface area contributed by atoms with E-state index in [-0.39, 0.29) is 23.9 Å². The van der Waals surface area contributed by atoms with E-state index in [1.54, 1.807) is 12.3 Å². The molecular weight excluding hydrogens is 268 g/mol. The minimum atomic E-state index is -2.87. The van der Waals surface area contributed by atoms with Crippen LogP contribution < -0.4 is 4.90 Å². The number of methoxy groups -OCH3 is 1. The van der Waals surface area contributed by atoms with E-state index in [0.29, 0.717) is 18.8 Å². The zero-order valence-electron chi connectivity index (χ0n) is 10.7. The Morgan fingerprint density at radius 3 is 2.58 bits per heavy atom. The Bertz CT molecular complexity index is 540. The number of hydrogen-bond acceptors (Lipinski definition) is 6. The van der Waals surface area contributed by atoms with E-state index >= 15 is 0 Å². The van der Waals surface area contributed by atoms with Crippen molar-refractivity contribution in [3.63, 3.8) is 0 Å². The van der Waals surface area contributed by atoms with Crippen LogP contribution in [0, 0.1) is 0 Å². The average Bonchev–Trinajstić information content (AvgIpc) is 2.40. The van der Waals surface area contributed by atoms with E-state index in [4.69, 9.17) is 0 Å². The fraction of sp³-hybridized carbons (Fsp3) is 0.500. The number of rotatable bonds is 3. The maximum atomic E-state index is 11.3. The molecule has 1 aromatic rings. The molecule has 19 heavy (non-hydrogen) atoms. The summed E-state index contributed by atoms with van der Waals surface area (Å²) in [4.78, 5) is 17.3. The molecule has 0 unspecified atom stereocenters. The second-order valence-electron chi connectivity index (χ2n) is 4.40. The van der Waals surface area contributed by atoms with Crippen molar-refractivity contribution in [2.45, 2.75) is 6.42 Å². The lowest BCUT2D eigenvalue weighted by Gasteiger charge is -2.28. The van der Waals surface area contributed by atoms with Crippen molar-refractivity contribution >= 4 is 21.5 Å². The first kappa shape index (κ1) is 13.8. The normalized spacial score (nSPS) is 18.1. The molecule has 0 aliphatic carbocycles. The predicted octanol–water partition coefficient (Wildman–Crippen LogP) is 0.0319. The molecule has 0 spiro atoms. The smallest absolute Gasteiger partial charge is 0.311 e. The Balaban J connectivity index is 2.01. The van der Waals surface area contributed by atoms with Crippen molar-refractivity contribution in [3.8, 4) is 0 Å². The quantitative estimate of drug-likeness (QED) is 0.729. The van der Waals surface area contributed by atoms with Gasteiger partial charge in [-0.1, -0.05) is 0 Å². The van der Waals surface area contributed by atoms with E-state index in [9.17, 15) is 13.2 Å². The lowest BCUT2D eigenvalue weighted by molar-refractivity contribution is -0.139. The lowest BCUT2D eigenvalue weighted by atomic mass is 10.2. The largest absolute Gasteiger partial charge is 0.469 e. The van der Waals surface area contributed by atoms with Gasteiger partial charge in [0.05, 0.1) is 42.6 Å². The van der Waals surface area contributed by atoms with Crippen LogP contribution in [-0.4, -0.2) is 51.1 Å². The summed E-state index contributed by atoms with van der Waals surface area (Å²) in [7, 11) is -1.54. The third-order valence-electron chi connectivity index (χ3n) is 3.07. The number of carbonyl (C=O) groups excluding carboxylic acids is 1. The van der Waals surface area contributed by atoms with E-state index in [1.165, 1.54) is 7.11 Å². The second kappa shape index (κ2) is 5.56. The maximum Gasteiger partial charge on any atom is 0.311 e. The highest BCUT2D eigenvalue weighted by Crippen LogP contribution is 2.16. The number of aromatic nitrogens is 1. The first-order valence-electron chi connectivity index (χ1n) is 5.97. The molecule has 2 heterocycles. The molecule has 1 fully saturated rings. The molecular formula is C12H16N2O4S. The summed E-state index contributed by atoms with van der Waals surface area (Å²) in [6, 6.07) is 3.61. The van der Waals surface area contributed by atoms with Crippen molar-refractivity contribution in [2.24, 2.45) is 0 Å². The SMILES string of the molecule is COC(=O)Cc1ccc(N2CCS(=O)(=O)CC2)cn1. The highest BCUT2D eigenvalue weighted by atomic mass is 32.2. The van der Waals surface area contributed by atoms with Crippen LogP contribution in [0.25, 0.3) is 0 Å². The van der Waals surface area contributed by atoms with Gasteiger partial charge in [-0.25, -0.2) is 8.42 Å². The Morgan fingerprint density at radius 2 is 2.05 bits per heavy atom. The lowest BCUT2D eigenvalue weighted by Crippen LogP contribution is -2.40. The van der Waals surface area contributed by atoms with Gasteiger partial charge in [-0.15, -0.1) is 0 Å². The summed E-state index contributed by atoms with van der Waals surface area (Å²) in [5.41, 5.74) is 1.52. The molecule has 1 aliphatic rings. The van der Waals surface area contributed by atoms with Crippen LogP contribution >= 0.6 is 0 Å². The predicted molar refractivity (Wildman–Crippen MR) is 70.8 cm³/mol. The van der Waals surface area contributed by atoms with Gasteiger partial charge in [-0.2, -0.15) is 0 Å². The van der Waals surface area contributed by atoms with Crippen LogP contribution in [0.2, 0.25) is 0 Å². The molecule has 7 heteroatoms. The van der Waals surface area contributed by atoms with Crippen LogP contribution in [0.3, 0.4) is 0 Å². The first-order valence-corrected chi connectivity index (χ1v) is 7.79. The molecule has 1 aliphatic heterocycles. The molecule has 104 valence electrons. The van der Waals surface area contributed by atoms with Crippen molar-refractivity contribution in [1.29, 1.82) is 0 Å². The Hall–Kier alpha value is -1.63. The summed E-state index contributed by atoms with van der Waals surface area (Å²) >= 11 is 0. The number of hydrogen-bond donors (Lipinski definition) is 0. The number of sulfone groups is 1. The van der Waals surface area contributed by atoms with Gasteiger partial charge in [-0.3, -0.25) is 9.78 Å². The van der Waals surface area contributed by atoms with Crippen LogP contribution in [0.1, 0.15) is 5.69 Å². The Kier molecular flexibility index (Phi) is 4.04. The van der Waals surface area contributed by atoms with Crippen molar-refractivity contribution in [3.05, 3.63) is 24.0 Å². The summed E-state index contributed by atoms with van der Waals surface area (Å²) in [5.74, 6) is 0.0256. The zero-order chi connectivity index (χ0) is 13.9. The molecule has 0 aromatic carbocycles. The summed E-state index contributed by atoms with van der Waals surface area (Å²) in [6.07, 6.45) is 1.81. The molecule has 1 saturated heterocycles. The average molecular weight is 284 g/mol. The minimum Gasteiger partial charge on any atom is -0.469 e. The topological polar surface area (TPSA) is 76.6 Å². The molecule has 0 radical (unpaired) electrons. The Morgan fingerprint density at radius 1 is 1.37 bits per heavy atom. The molecule has 0 amide bonds. The Labute approximate surface area is 112 Å². The third-order valence-corrected chi connectivity index (χ3v) is 4.68. The van der Waals surface area contributed by atoms with Crippen molar-refractivity contribution in [1.82, 2.24) is 4.98 Å². The second-order valence-corrected chi connectivity index (χ2v) is 6.70. The van der Waals surface area contributed by atoms with Gasteiger partial charge in [0, 0.05) is 13.1 Å². The molecule has 0 N–H and O–H groups in total. The van der Waals surface area contributed by atoms with Gasteiger partial charge >= 0.3 is 5.97 Å². The van der Waals surface area contributed by atoms with Gasteiger partial charge in [0.1, 0.15) is 0 Å². The number of esters is 1. The van der Waals surface area contributed by atoms with Crippen molar-refractivity contribution < 1.29 is 17.9 Å². The van der Waals surface area contributed by atoms with Crippen molar-refractivity contribution in [2.75, 3.05) is 36.6 Å². The molecule has 0 atom stereocenters. The van der Waals surface area contributed by atoms with E-state index in [1.807, 2.05) is 11.0 Å². The number of carbonyl (C=O) groups is 1. The van der Waals surface area contributed by atoms with E-state index < -0.39 is 9.84 Å². The molecule has 6 nitrogen and oxygen atoms in total. The van der Waals surface area contributed by atoms with Gasteiger partial charge in [0.15, 0.2) is 9.84 Å². The van der Waals surface area contributed by atoms with E-state index in [0.717, 1.165) is 5.69 Å². The van der Waals surface area contributed by atoms with Gasteiger partial charge in [0.25, 0.3) is 0 Å². The summed E-state index contributed by atoms with van der Waals surface area (Å²) in [6.45, 7) is 0.973. The standard InChI is InChI=1S/C12H16N2O4S/c1-18-12(15)8-10-2-3-11(9-13-10)14-4-6-19(16,17)7-5-14/h2-3,9H,4-8H2,1H3. The number of nitrogens with zero attached hydrogens (tertiary/aromatic N) is 2. The van der Waals surface area contributed by atoms with Crippen LogP contribution in [0.4, 0.5) is 5.69 Å². The first-order chi connectivity index (χ1) is 9.00. The maximum absolute atomic E-state index is 11.3. The fourth-order valence-electron chi connectivity index (χ4n) is 1.90. The fourth-order valence-corrected chi connectivity index (χ4v) is 3.10. The minimum absolute atomic E-state index is 0.144. The van der Waals surface area contributed by atoms with Gasteiger partial charge in [-0.05, 0) is 12.1 Å². The number of pyridine rings is 1. The number of ether oxygens (including phenoxy) is 1. The van der Waals surface area contributed by atoms with Gasteiger partial charge in [0.2, 0.25) is 0 Å². The van der Waals surface area contributed by atoms with Crippen LogP contribution in [-0.2, 0) is 25.8 Å². The summed E-state index contributed by atoms with van der Waals surface area (Å²) in [5, 5.41) is 0. The van der Waals surface area contributed by atoms with E-state index in [2.05, 4.69) is 9.72 Å². The summed E-state index contributed by atoms with van der Waals surface area (Å²) < 4.78 is 27.3. The number of anilines is 1. The van der Waals surface area contributed by atoms with Gasteiger partial charge < -0.3 is 9.64 Å². The molecule has 0 bridgehead atoms. The zero-order valence-corrected chi connectivity index (χ0v) is 11.5. The highest BCUT2D eigenvalue weighted by molar-refractivity contribution is 7.91. The molecule has 1 aromatic heterocycles.